The van der Waals surface area contributed by atoms with Crippen LogP contribution < -0.4 is 9.47 Å². The van der Waals surface area contributed by atoms with Crippen molar-refractivity contribution in [1.82, 2.24) is 9.80 Å². The first-order chi connectivity index (χ1) is 11.6. The van der Waals surface area contributed by atoms with Crippen LogP contribution in [0.3, 0.4) is 0 Å². The summed E-state index contributed by atoms with van der Waals surface area (Å²) < 4.78 is 11.0. The molecule has 0 heterocycles. The minimum atomic E-state index is 0.780. The van der Waals surface area contributed by atoms with E-state index in [1.54, 1.807) is 14.2 Å². The van der Waals surface area contributed by atoms with Gasteiger partial charge in [-0.1, -0.05) is 42.5 Å². The average molecular weight is 328 g/mol. The van der Waals surface area contributed by atoms with E-state index in [9.17, 15) is 0 Å². The number of para-hydroxylation sites is 1. The van der Waals surface area contributed by atoms with Crippen molar-refractivity contribution in [1.29, 1.82) is 0 Å². The van der Waals surface area contributed by atoms with Crippen LogP contribution in [-0.2, 0) is 13.1 Å². The number of methoxy groups -OCH3 is 2. The Hall–Kier alpha value is -2.04. The largest absolute Gasteiger partial charge is 0.493 e. The molecule has 2 rings (SSSR count). The van der Waals surface area contributed by atoms with Crippen molar-refractivity contribution in [3.8, 4) is 11.5 Å². The molecular formula is C20H28N2O2. The van der Waals surface area contributed by atoms with Gasteiger partial charge in [0.1, 0.15) is 0 Å². The van der Waals surface area contributed by atoms with Gasteiger partial charge >= 0.3 is 0 Å². The van der Waals surface area contributed by atoms with Crippen LogP contribution in [0.25, 0.3) is 0 Å². The SMILES string of the molecule is COc1cccc(CN(CCN(C)C)Cc2ccccc2)c1OC. The van der Waals surface area contributed by atoms with E-state index in [4.69, 9.17) is 9.47 Å². The first-order valence-corrected chi connectivity index (χ1v) is 8.25. The Balaban J connectivity index is 2.18. The number of benzene rings is 2. The Bertz CT molecular complexity index is 614. The summed E-state index contributed by atoms with van der Waals surface area (Å²) in [6.07, 6.45) is 0. The van der Waals surface area contributed by atoms with Gasteiger partial charge < -0.3 is 14.4 Å². The van der Waals surface area contributed by atoms with Crippen LogP contribution in [0.4, 0.5) is 0 Å². The lowest BCUT2D eigenvalue weighted by molar-refractivity contribution is 0.222. The molecule has 0 fully saturated rings. The minimum Gasteiger partial charge on any atom is -0.493 e. The van der Waals surface area contributed by atoms with Gasteiger partial charge in [-0.25, -0.2) is 0 Å². The van der Waals surface area contributed by atoms with Gasteiger partial charge in [-0.3, -0.25) is 4.90 Å². The molecule has 0 radical (unpaired) electrons. The number of nitrogens with zero attached hydrogens (tertiary/aromatic N) is 2. The summed E-state index contributed by atoms with van der Waals surface area (Å²) in [6, 6.07) is 16.6. The number of rotatable bonds is 9. The van der Waals surface area contributed by atoms with Crippen LogP contribution >= 0.6 is 0 Å². The van der Waals surface area contributed by atoms with Crippen LogP contribution in [0.5, 0.6) is 11.5 Å². The fourth-order valence-electron chi connectivity index (χ4n) is 2.72. The van der Waals surface area contributed by atoms with E-state index in [1.165, 1.54) is 5.56 Å². The van der Waals surface area contributed by atoms with Crippen molar-refractivity contribution >= 4 is 0 Å². The highest BCUT2D eigenvalue weighted by atomic mass is 16.5. The van der Waals surface area contributed by atoms with Crippen molar-refractivity contribution in [2.24, 2.45) is 0 Å². The maximum absolute atomic E-state index is 5.58. The Labute approximate surface area is 145 Å². The molecule has 0 atom stereocenters. The molecule has 0 unspecified atom stereocenters. The van der Waals surface area contributed by atoms with Gasteiger partial charge in [-0.2, -0.15) is 0 Å². The van der Waals surface area contributed by atoms with Gasteiger partial charge in [0.2, 0.25) is 0 Å². The first-order valence-electron chi connectivity index (χ1n) is 8.25. The third kappa shape index (κ3) is 5.25. The summed E-state index contributed by atoms with van der Waals surface area (Å²) in [5.41, 5.74) is 2.46. The lowest BCUT2D eigenvalue weighted by atomic mass is 10.1. The zero-order chi connectivity index (χ0) is 17.4. The van der Waals surface area contributed by atoms with Crippen molar-refractivity contribution < 1.29 is 9.47 Å². The third-order valence-corrected chi connectivity index (χ3v) is 3.99. The number of likely N-dealkylation sites (N-methyl/N-ethyl adjacent to an activating group) is 1. The van der Waals surface area contributed by atoms with Crippen LogP contribution in [0.1, 0.15) is 11.1 Å². The zero-order valence-corrected chi connectivity index (χ0v) is 15.2. The second-order valence-corrected chi connectivity index (χ2v) is 6.15. The Morgan fingerprint density at radius 3 is 2.17 bits per heavy atom. The van der Waals surface area contributed by atoms with Crippen molar-refractivity contribution in [3.05, 3.63) is 59.7 Å². The second-order valence-electron chi connectivity index (χ2n) is 6.15. The molecule has 0 aliphatic heterocycles. The highest BCUT2D eigenvalue weighted by Gasteiger charge is 2.14. The maximum Gasteiger partial charge on any atom is 0.165 e. The molecule has 0 spiro atoms. The van der Waals surface area contributed by atoms with Crippen molar-refractivity contribution in [2.45, 2.75) is 13.1 Å². The van der Waals surface area contributed by atoms with E-state index < -0.39 is 0 Å². The molecule has 0 N–H and O–H groups in total. The average Bonchev–Trinajstić information content (AvgIpc) is 2.60. The minimum absolute atomic E-state index is 0.780. The standard InChI is InChI=1S/C20H28N2O2/c1-21(2)13-14-22(15-17-9-6-5-7-10-17)16-18-11-8-12-19(23-3)20(18)24-4/h5-12H,13-16H2,1-4H3. The van der Waals surface area contributed by atoms with E-state index in [0.29, 0.717) is 0 Å². The fraction of sp³-hybridized carbons (Fsp3) is 0.400. The second kappa shape index (κ2) is 9.30. The van der Waals surface area contributed by atoms with E-state index >= 15 is 0 Å². The van der Waals surface area contributed by atoms with E-state index in [2.05, 4.69) is 60.3 Å². The molecule has 0 aliphatic carbocycles. The molecule has 0 amide bonds. The molecular weight excluding hydrogens is 300 g/mol. The molecule has 0 saturated carbocycles. The Kier molecular flexibility index (Phi) is 7.09. The molecule has 2 aromatic carbocycles. The summed E-state index contributed by atoms with van der Waals surface area (Å²) >= 11 is 0. The summed E-state index contributed by atoms with van der Waals surface area (Å²) in [4.78, 5) is 4.65. The van der Waals surface area contributed by atoms with Gasteiger partial charge in [0.25, 0.3) is 0 Å². The van der Waals surface area contributed by atoms with Crippen LogP contribution in [-0.4, -0.2) is 51.2 Å². The quantitative estimate of drug-likeness (QED) is 0.705. The van der Waals surface area contributed by atoms with Gasteiger partial charge in [0.05, 0.1) is 14.2 Å². The molecule has 4 nitrogen and oxygen atoms in total. The normalized spacial score (nSPS) is 11.1. The molecule has 0 aliphatic rings. The highest BCUT2D eigenvalue weighted by molar-refractivity contribution is 5.46. The monoisotopic (exact) mass is 328 g/mol. The van der Waals surface area contributed by atoms with Gasteiger partial charge in [-0.15, -0.1) is 0 Å². The molecule has 130 valence electrons. The lowest BCUT2D eigenvalue weighted by Crippen LogP contribution is -2.31. The predicted octanol–water partition coefficient (Wildman–Crippen LogP) is 3.27. The number of hydrogen-bond acceptors (Lipinski definition) is 4. The summed E-state index contributed by atoms with van der Waals surface area (Å²) in [5, 5.41) is 0. The van der Waals surface area contributed by atoms with Crippen molar-refractivity contribution in [2.75, 3.05) is 41.4 Å². The maximum atomic E-state index is 5.58. The molecule has 0 saturated heterocycles. The summed E-state index contributed by atoms with van der Waals surface area (Å²) in [6.45, 7) is 3.74. The Morgan fingerprint density at radius 2 is 1.54 bits per heavy atom. The topological polar surface area (TPSA) is 24.9 Å². The number of hydrogen-bond donors (Lipinski definition) is 0. The molecule has 0 bridgehead atoms. The number of ether oxygens (including phenoxy) is 2. The lowest BCUT2D eigenvalue weighted by Gasteiger charge is -2.25. The molecule has 4 heteroatoms. The van der Waals surface area contributed by atoms with Gasteiger partial charge in [0, 0.05) is 31.7 Å². The summed E-state index contributed by atoms with van der Waals surface area (Å²) in [7, 11) is 7.58. The highest BCUT2D eigenvalue weighted by Crippen LogP contribution is 2.31. The van der Waals surface area contributed by atoms with Crippen LogP contribution in [0.2, 0.25) is 0 Å². The van der Waals surface area contributed by atoms with Crippen LogP contribution in [0.15, 0.2) is 48.5 Å². The van der Waals surface area contributed by atoms with Crippen molar-refractivity contribution in [3.63, 3.8) is 0 Å². The predicted molar refractivity (Wildman–Crippen MR) is 98.7 cm³/mol. The molecule has 0 aromatic heterocycles. The van der Waals surface area contributed by atoms with E-state index in [1.807, 2.05) is 12.1 Å². The molecule has 24 heavy (non-hydrogen) atoms. The van der Waals surface area contributed by atoms with Crippen LogP contribution in [0, 0.1) is 0 Å². The third-order valence-electron chi connectivity index (χ3n) is 3.99. The Morgan fingerprint density at radius 1 is 0.792 bits per heavy atom. The fourth-order valence-corrected chi connectivity index (χ4v) is 2.72. The van der Waals surface area contributed by atoms with E-state index in [0.717, 1.165) is 43.2 Å². The first kappa shape index (κ1) is 18.3. The smallest absolute Gasteiger partial charge is 0.165 e. The summed E-state index contributed by atoms with van der Waals surface area (Å²) in [5.74, 6) is 1.60. The van der Waals surface area contributed by atoms with Gasteiger partial charge in [-0.05, 0) is 25.7 Å². The van der Waals surface area contributed by atoms with E-state index in [-0.39, 0.29) is 0 Å². The zero-order valence-electron chi connectivity index (χ0n) is 15.2. The van der Waals surface area contributed by atoms with Gasteiger partial charge in [0.15, 0.2) is 11.5 Å². The molecule has 2 aromatic rings.